The molecule has 2 fully saturated rings. The number of hydrogen-bond donors (Lipinski definition) is 1. The lowest BCUT2D eigenvalue weighted by Gasteiger charge is -2.42. The Balaban J connectivity index is 1.70. The number of rotatable bonds is 5. The molecule has 2 aliphatic rings. The summed E-state index contributed by atoms with van der Waals surface area (Å²) in [6, 6.07) is 6.37. The Morgan fingerprint density at radius 3 is 2.78 bits per heavy atom. The Labute approximate surface area is 139 Å². The quantitative estimate of drug-likeness (QED) is 0.906. The molecule has 4 nitrogen and oxygen atoms in total. The monoisotopic (exact) mass is 319 g/mol. The summed E-state index contributed by atoms with van der Waals surface area (Å²) in [7, 11) is 3.41. The smallest absolute Gasteiger partial charge is 0.124 e. The zero-order chi connectivity index (χ0) is 16.3. The summed E-state index contributed by atoms with van der Waals surface area (Å²) in [4.78, 5) is 2.51. The van der Waals surface area contributed by atoms with Gasteiger partial charge in [-0.2, -0.15) is 0 Å². The van der Waals surface area contributed by atoms with Gasteiger partial charge in [-0.3, -0.25) is 4.90 Å². The summed E-state index contributed by atoms with van der Waals surface area (Å²) in [5.41, 5.74) is 2.54. The number of aliphatic hydroxyl groups excluding tert-OH is 1. The number of ether oxygens (including phenoxy) is 2. The molecular formula is C19H29NO3. The molecule has 0 bridgehead atoms. The highest BCUT2D eigenvalue weighted by atomic mass is 16.5. The van der Waals surface area contributed by atoms with Crippen molar-refractivity contribution >= 4 is 0 Å². The largest absolute Gasteiger partial charge is 0.496 e. The summed E-state index contributed by atoms with van der Waals surface area (Å²) in [6.07, 6.45) is 5.61. The van der Waals surface area contributed by atoms with E-state index in [0.29, 0.717) is 6.61 Å². The van der Waals surface area contributed by atoms with Crippen LogP contribution in [-0.4, -0.2) is 43.4 Å². The van der Waals surface area contributed by atoms with Gasteiger partial charge < -0.3 is 14.6 Å². The van der Waals surface area contributed by atoms with Gasteiger partial charge in [0.1, 0.15) is 5.75 Å². The molecule has 0 unspecified atom stereocenters. The first-order valence-electron chi connectivity index (χ1n) is 8.72. The van der Waals surface area contributed by atoms with Crippen LogP contribution in [0.2, 0.25) is 0 Å². The lowest BCUT2D eigenvalue weighted by molar-refractivity contribution is -0.0120. The van der Waals surface area contributed by atoms with E-state index >= 15 is 0 Å². The van der Waals surface area contributed by atoms with E-state index in [2.05, 4.69) is 17.0 Å². The molecule has 23 heavy (non-hydrogen) atoms. The minimum Gasteiger partial charge on any atom is -0.496 e. The third-order valence-corrected chi connectivity index (χ3v) is 5.60. The summed E-state index contributed by atoms with van der Waals surface area (Å²) in [6.45, 7) is 3.66. The van der Waals surface area contributed by atoms with Gasteiger partial charge in [0, 0.05) is 31.2 Å². The van der Waals surface area contributed by atoms with E-state index in [0.717, 1.165) is 37.4 Å². The van der Waals surface area contributed by atoms with Crippen molar-refractivity contribution in [2.24, 2.45) is 5.41 Å². The summed E-state index contributed by atoms with van der Waals surface area (Å²) in [5, 5.41) is 10.4. The van der Waals surface area contributed by atoms with Gasteiger partial charge in [-0.1, -0.05) is 12.5 Å². The molecule has 2 atom stereocenters. The van der Waals surface area contributed by atoms with Crippen LogP contribution in [0.25, 0.3) is 0 Å². The second kappa shape index (κ2) is 7.20. The zero-order valence-electron chi connectivity index (χ0n) is 14.4. The molecular weight excluding hydrogens is 290 g/mol. The normalized spacial score (nSPS) is 28.4. The minimum absolute atomic E-state index is 0.106. The molecule has 1 saturated heterocycles. The number of aliphatic hydroxyl groups is 1. The molecule has 0 amide bonds. The second-order valence-corrected chi connectivity index (χ2v) is 7.16. The lowest BCUT2D eigenvalue weighted by Crippen LogP contribution is -2.46. The standard InChI is InChI=1S/C19H29NO3/c1-22-13-16-11-15(6-7-17(16)23-2)12-20-10-4-9-19(14-20)8-3-5-18(19)21/h6-7,11,18,21H,3-5,8-10,12-14H2,1-2H3/t18-,19+/m1/s1. The van der Waals surface area contributed by atoms with Crippen LogP contribution < -0.4 is 4.74 Å². The van der Waals surface area contributed by atoms with Gasteiger partial charge in [0.15, 0.2) is 0 Å². The molecule has 4 heteroatoms. The predicted octanol–water partition coefficient (Wildman–Crippen LogP) is 2.97. The number of methoxy groups -OCH3 is 2. The number of nitrogens with zero attached hydrogens (tertiary/aromatic N) is 1. The first kappa shape index (κ1) is 16.7. The number of benzene rings is 1. The molecule has 0 radical (unpaired) electrons. The Hall–Kier alpha value is -1.10. The number of likely N-dealkylation sites (tertiary alicyclic amines) is 1. The van der Waals surface area contributed by atoms with Crippen molar-refractivity contribution in [3.05, 3.63) is 29.3 Å². The number of hydrogen-bond acceptors (Lipinski definition) is 4. The molecule has 128 valence electrons. The van der Waals surface area contributed by atoms with E-state index in [9.17, 15) is 5.11 Å². The molecule has 3 rings (SSSR count). The highest BCUT2D eigenvalue weighted by molar-refractivity contribution is 5.37. The SMILES string of the molecule is COCc1cc(CN2CCC[C@@]3(CCC[C@H]3O)C2)ccc1OC. The van der Waals surface area contributed by atoms with Crippen molar-refractivity contribution in [1.82, 2.24) is 4.90 Å². The summed E-state index contributed by atoms with van der Waals surface area (Å²) < 4.78 is 10.7. The van der Waals surface area contributed by atoms with E-state index in [4.69, 9.17) is 9.47 Å². The van der Waals surface area contributed by atoms with E-state index in [1.807, 2.05) is 6.07 Å². The molecule has 1 N–H and O–H groups in total. The van der Waals surface area contributed by atoms with Crippen molar-refractivity contribution in [2.45, 2.75) is 51.4 Å². The van der Waals surface area contributed by atoms with Crippen molar-refractivity contribution in [1.29, 1.82) is 0 Å². The second-order valence-electron chi connectivity index (χ2n) is 7.16. The van der Waals surface area contributed by atoms with Gasteiger partial charge in [-0.25, -0.2) is 0 Å². The fourth-order valence-corrected chi connectivity index (χ4v) is 4.45. The highest BCUT2D eigenvalue weighted by Crippen LogP contribution is 2.45. The minimum atomic E-state index is -0.106. The van der Waals surface area contributed by atoms with Crippen LogP contribution in [-0.2, 0) is 17.9 Å². The first-order valence-corrected chi connectivity index (χ1v) is 8.72. The molecule has 1 spiro atoms. The topological polar surface area (TPSA) is 41.9 Å². The van der Waals surface area contributed by atoms with Gasteiger partial charge in [0.2, 0.25) is 0 Å². The van der Waals surface area contributed by atoms with Crippen molar-refractivity contribution < 1.29 is 14.6 Å². The van der Waals surface area contributed by atoms with Crippen molar-refractivity contribution in [3.63, 3.8) is 0 Å². The van der Waals surface area contributed by atoms with Crippen LogP contribution in [0.5, 0.6) is 5.75 Å². The molecule has 0 aromatic heterocycles. The maximum atomic E-state index is 10.4. The summed E-state index contributed by atoms with van der Waals surface area (Å²) in [5.74, 6) is 0.886. The Kier molecular flexibility index (Phi) is 5.24. The van der Waals surface area contributed by atoms with Crippen molar-refractivity contribution in [2.75, 3.05) is 27.3 Å². The Morgan fingerprint density at radius 2 is 2.09 bits per heavy atom. The molecule has 1 saturated carbocycles. The predicted molar refractivity (Wildman–Crippen MR) is 90.5 cm³/mol. The van der Waals surface area contributed by atoms with E-state index in [1.54, 1.807) is 14.2 Å². The third kappa shape index (κ3) is 3.54. The molecule has 1 aliphatic carbocycles. The van der Waals surface area contributed by atoms with Crippen LogP contribution in [0.3, 0.4) is 0 Å². The van der Waals surface area contributed by atoms with Crippen LogP contribution in [0, 0.1) is 5.41 Å². The molecule has 1 aliphatic heterocycles. The lowest BCUT2D eigenvalue weighted by atomic mass is 9.76. The summed E-state index contributed by atoms with van der Waals surface area (Å²) >= 11 is 0. The Morgan fingerprint density at radius 1 is 1.26 bits per heavy atom. The van der Waals surface area contributed by atoms with E-state index < -0.39 is 0 Å². The molecule has 1 heterocycles. The third-order valence-electron chi connectivity index (χ3n) is 5.60. The average molecular weight is 319 g/mol. The highest BCUT2D eigenvalue weighted by Gasteiger charge is 2.44. The van der Waals surface area contributed by atoms with Crippen LogP contribution in [0.15, 0.2) is 18.2 Å². The van der Waals surface area contributed by atoms with E-state index in [1.165, 1.54) is 31.2 Å². The first-order chi connectivity index (χ1) is 11.2. The average Bonchev–Trinajstić information content (AvgIpc) is 2.88. The fourth-order valence-electron chi connectivity index (χ4n) is 4.45. The molecule has 1 aromatic rings. The fraction of sp³-hybridized carbons (Fsp3) is 0.684. The molecule has 1 aromatic carbocycles. The van der Waals surface area contributed by atoms with Gasteiger partial charge in [-0.05, 0) is 49.9 Å². The van der Waals surface area contributed by atoms with E-state index in [-0.39, 0.29) is 11.5 Å². The maximum absolute atomic E-state index is 10.4. The van der Waals surface area contributed by atoms with Crippen LogP contribution in [0.1, 0.15) is 43.2 Å². The maximum Gasteiger partial charge on any atom is 0.124 e. The van der Waals surface area contributed by atoms with Gasteiger partial charge in [0.05, 0.1) is 19.8 Å². The van der Waals surface area contributed by atoms with Crippen molar-refractivity contribution in [3.8, 4) is 5.75 Å². The number of piperidine rings is 1. The van der Waals surface area contributed by atoms with Gasteiger partial charge in [0.25, 0.3) is 0 Å². The zero-order valence-corrected chi connectivity index (χ0v) is 14.4. The van der Waals surface area contributed by atoms with Gasteiger partial charge in [-0.15, -0.1) is 0 Å². The Bertz CT molecular complexity index is 533. The van der Waals surface area contributed by atoms with Crippen LogP contribution in [0.4, 0.5) is 0 Å². The van der Waals surface area contributed by atoms with Crippen LogP contribution >= 0.6 is 0 Å². The van der Waals surface area contributed by atoms with Gasteiger partial charge >= 0.3 is 0 Å².